The quantitative estimate of drug-likeness (QED) is 0.792. The highest BCUT2D eigenvalue weighted by Gasteiger charge is 2.51. The Morgan fingerprint density at radius 3 is 2.60 bits per heavy atom. The molecule has 3 saturated carbocycles. The van der Waals surface area contributed by atoms with Gasteiger partial charge >= 0.3 is 0 Å². The smallest absolute Gasteiger partial charge is 0.133 e. The molecule has 0 aromatic heterocycles. The highest BCUT2D eigenvalue weighted by Crippen LogP contribution is 2.57. The van der Waals surface area contributed by atoms with Gasteiger partial charge in [0.25, 0.3) is 0 Å². The van der Waals surface area contributed by atoms with Gasteiger partial charge in [-0.25, -0.2) is 0 Å². The summed E-state index contributed by atoms with van der Waals surface area (Å²) in [6.07, 6.45) is 7.57. The lowest BCUT2D eigenvalue weighted by Gasteiger charge is -2.56. The van der Waals surface area contributed by atoms with Crippen LogP contribution in [0.1, 0.15) is 65.7 Å². The van der Waals surface area contributed by atoms with Crippen LogP contribution in [-0.2, 0) is 4.79 Å². The normalized spacial score (nSPS) is 50.2. The van der Waals surface area contributed by atoms with Gasteiger partial charge in [0.1, 0.15) is 5.78 Å². The van der Waals surface area contributed by atoms with Crippen molar-refractivity contribution < 1.29 is 9.90 Å². The first kappa shape index (κ1) is 14.6. The Kier molecular flexibility index (Phi) is 3.73. The van der Waals surface area contributed by atoms with Gasteiger partial charge in [0.15, 0.2) is 0 Å². The Labute approximate surface area is 123 Å². The maximum Gasteiger partial charge on any atom is 0.133 e. The Morgan fingerprint density at radius 2 is 1.90 bits per heavy atom. The van der Waals surface area contributed by atoms with Crippen LogP contribution < -0.4 is 0 Å². The molecular weight excluding hydrogens is 248 g/mol. The number of carbonyl (C=O) groups excluding carboxylic acids is 1. The highest BCUT2D eigenvalue weighted by atomic mass is 16.3. The van der Waals surface area contributed by atoms with Gasteiger partial charge in [-0.1, -0.05) is 13.8 Å². The highest BCUT2D eigenvalue weighted by molar-refractivity contribution is 5.79. The zero-order chi connectivity index (χ0) is 14.5. The van der Waals surface area contributed by atoms with Gasteiger partial charge in [0, 0.05) is 12.8 Å². The standard InChI is InChI=1S/C18H30O2/c1-11-15-6-4-13-10-14(20)5-7-16(13)17(15)8-9-18(11,3)12(2)19/h11-13,15-17,19H,4-10H2,1-3H3/t11?,12?,13-,15?,16?,17?,18?/m0/s1. The first-order valence-corrected chi connectivity index (χ1v) is 8.63. The molecule has 2 heteroatoms. The number of rotatable bonds is 1. The summed E-state index contributed by atoms with van der Waals surface area (Å²) < 4.78 is 0. The maximum atomic E-state index is 11.7. The molecule has 2 nitrogen and oxygen atoms in total. The topological polar surface area (TPSA) is 37.3 Å². The minimum atomic E-state index is -0.205. The van der Waals surface area contributed by atoms with Crippen LogP contribution in [0, 0.1) is 35.0 Å². The first-order valence-electron chi connectivity index (χ1n) is 8.63. The minimum absolute atomic E-state index is 0.0957. The fourth-order valence-corrected chi connectivity index (χ4v) is 5.76. The molecule has 20 heavy (non-hydrogen) atoms. The van der Waals surface area contributed by atoms with Crippen LogP contribution >= 0.6 is 0 Å². The van der Waals surface area contributed by atoms with Gasteiger partial charge in [-0.15, -0.1) is 0 Å². The first-order chi connectivity index (χ1) is 9.43. The Balaban J connectivity index is 1.79. The van der Waals surface area contributed by atoms with Crippen LogP contribution in [0.15, 0.2) is 0 Å². The van der Waals surface area contributed by atoms with Crippen LogP contribution in [-0.4, -0.2) is 17.0 Å². The van der Waals surface area contributed by atoms with Crippen molar-refractivity contribution in [1.29, 1.82) is 0 Å². The van der Waals surface area contributed by atoms with E-state index in [1.54, 1.807) is 0 Å². The van der Waals surface area contributed by atoms with Gasteiger partial charge in [0.05, 0.1) is 6.10 Å². The van der Waals surface area contributed by atoms with Crippen LogP contribution in [0.3, 0.4) is 0 Å². The monoisotopic (exact) mass is 278 g/mol. The van der Waals surface area contributed by atoms with Gasteiger partial charge < -0.3 is 5.11 Å². The van der Waals surface area contributed by atoms with E-state index >= 15 is 0 Å². The Bertz CT molecular complexity index is 389. The van der Waals surface area contributed by atoms with Crippen molar-refractivity contribution in [3.8, 4) is 0 Å². The predicted octanol–water partition coefficient (Wildman–Crippen LogP) is 3.82. The van der Waals surface area contributed by atoms with Crippen molar-refractivity contribution in [1.82, 2.24) is 0 Å². The molecule has 3 aliphatic rings. The summed E-state index contributed by atoms with van der Waals surface area (Å²) in [4.78, 5) is 11.7. The largest absolute Gasteiger partial charge is 0.393 e. The third kappa shape index (κ3) is 2.15. The second kappa shape index (κ2) is 5.12. The van der Waals surface area contributed by atoms with Crippen LogP contribution in [0.4, 0.5) is 0 Å². The second-order valence-corrected chi connectivity index (χ2v) is 8.12. The third-order valence-electron chi connectivity index (χ3n) is 7.48. The Morgan fingerprint density at radius 1 is 1.15 bits per heavy atom. The lowest BCUT2D eigenvalue weighted by atomic mass is 9.49. The van der Waals surface area contributed by atoms with Crippen LogP contribution in [0.25, 0.3) is 0 Å². The van der Waals surface area contributed by atoms with E-state index in [0.29, 0.717) is 17.6 Å². The molecule has 0 aliphatic heterocycles. The molecule has 3 rings (SSSR count). The van der Waals surface area contributed by atoms with E-state index < -0.39 is 0 Å². The summed E-state index contributed by atoms with van der Waals surface area (Å²) in [7, 11) is 0. The Hall–Kier alpha value is -0.370. The summed E-state index contributed by atoms with van der Waals surface area (Å²) in [6, 6.07) is 0. The third-order valence-corrected chi connectivity index (χ3v) is 7.48. The molecular formula is C18H30O2. The lowest BCUT2D eigenvalue weighted by molar-refractivity contribution is -0.130. The van der Waals surface area contributed by atoms with Crippen molar-refractivity contribution in [2.75, 3.05) is 0 Å². The number of aliphatic hydroxyl groups is 1. The van der Waals surface area contributed by atoms with E-state index in [1.807, 2.05) is 6.92 Å². The molecule has 0 saturated heterocycles. The molecule has 3 aliphatic carbocycles. The van der Waals surface area contributed by atoms with Crippen molar-refractivity contribution in [3.05, 3.63) is 0 Å². The molecule has 0 aromatic rings. The number of hydrogen-bond acceptors (Lipinski definition) is 2. The SMILES string of the molecule is CC(O)C1(C)CCC2C(CC[C@H]3CC(=O)CCC23)C1C. The summed E-state index contributed by atoms with van der Waals surface area (Å²) in [5.74, 6) is 4.19. The molecule has 114 valence electrons. The van der Waals surface area contributed by atoms with E-state index in [4.69, 9.17) is 0 Å². The van der Waals surface area contributed by atoms with Gasteiger partial charge in [-0.3, -0.25) is 4.79 Å². The van der Waals surface area contributed by atoms with Gasteiger partial charge in [-0.2, -0.15) is 0 Å². The van der Waals surface area contributed by atoms with Crippen molar-refractivity contribution in [3.63, 3.8) is 0 Å². The summed E-state index contributed by atoms with van der Waals surface area (Å²) in [5, 5.41) is 10.2. The molecule has 0 spiro atoms. The van der Waals surface area contributed by atoms with E-state index in [-0.39, 0.29) is 11.5 Å². The molecule has 0 radical (unpaired) electrons. The minimum Gasteiger partial charge on any atom is -0.393 e. The van der Waals surface area contributed by atoms with Gasteiger partial charge in [0.2, 0.25) is 0 Å². The fraction of sp³-hybridized carbons (Fsp3) is 0.944. The molecule has 1 N–H and O–H groups in total. The average Bonchev–Trinajstić information content (AvgIpc) is 2.42. The number of Topliss-reactive ketones (excluding diaryl/α,β-unsaturated/α-hetero) is 1. The van der Waals surface area contributed by atoms with Crippen molar-refractivity contribution in [2.24, 2.45) is 35.0 Å². The van der Waals surface area contributed by atoms with E-state index in [0.717, 1.165) is 43.4 Å². The molecule has 6 unspecified atom stereocenters. The predicted molar refractivity (Wildman–Crippen MR) is 80.2 cm³/mol. The molecule has 0 aromatic carbocycles. The van der Waals surface area contributed by atoms with Crippen LogP contribution in [0.2, 0.25) is 0 Å². The molecule has 0 heterocycles. The van der Waals surface area contributed by atoms with Crippen molar-refractivity contribution >= 4 is 5.78 Å². The average molecular weight is 278 g/mol. The fourth-order valence-electron chi connectivity index (χ4n) is 5.76. The van der Waals surface area contributed by atoms with E-state index in [1.165, 1.54) is 19.3 Å². The lowest BCUT2D eigenvalue weighted by Crippen LogP contribution is -2.51. The summed E-state index contributed by atoms with van der Waals surface area (Å²) >= 11 is 0. The zero-order valence-electron chi connectivity index (χ0n) is 13.3. The number of hydrogen-bond donors (Lipinski definition) is 1. The second-order valence-electron chi connectivity index (χ2n) is 8.12. The number of fused-ring (bicyclic) bond motifs is 3. The summed E-state index contributed by atoms with van der Waals surface area (Å²) in [6.45, 7) is 6.63. The molecule has 0 amide bonds. The van der Waals surface area contributed by atoms with E-state index in [2.05, 4.69) is 13.8 Å². The van der Waals surface area contributed by atoms with Crippen molar-refractivity contribution in [2.45, 2.75) is 71.8 Å². The summed E-state index contributed by atoms with van der Waals surface area (Å²) in [5.41, 5.74) is 0.0957. The van der Waals surface area contributed by atoms with Gasteiger partial charge in [-0.05, 0) is 74.0 Å². The maximum absolute atomic E-state index is 11.7. The molecule has 7 atom stereocenters. The number of ketones is 1. The number of carbonyl (C=O) groups is 1. The number of aliphatic hydroxyl groups excluding tert-OH is 1. The van der Waals surface area contributed by atoms with E-state index in [9.17, 15) is 9.90 Å². The molecule has 0 bridgehead atoms. The van der Waals surface area contributed by atoms with Crippen LogP contribution in [0.5, 0.6) is 0 Å². The zero-order valence-corrected chi connectivity index (χ0v) is 13.3. The molecule has 3 fully saturated rings.